The van der Waals surface area contributed by atoms with Crippen LogP contribution in [0, 0.1) is 17.8 Å². The molecule has 1 aromatic rings. The van der Waals surface area contributed by atoms with Gasteiger partial charge in [-0.15, -0.1) is 0 Å². The number of hydrogen-bond donors (Lipinski definition) is 0. The molecule has 0 aromatic heterocycles. The van der Waals surface area contributed by atoms with Crippen molar-refractivity contribution in [2.45, 2.75) is 38.9 Å². The molecule has 138 valence electrons. The summed E-state index contributed by atoms with van der Waals surface area (Å²) in [6, 6.07) is 8.02. The number of anilines is 1. The molecule has 0 radical (unpaired) electrons. The van der Waals surface area contributed by atoms with E-state index in [9.17, 15) is 9.59 Å². The predicted molar refractivity (Wildman–Crippen MR) is 97.7 cm³/mol. The summed E-state index contributed by atoms with van der Waals surface area (Å²) >= 11 is 0. The summed E-state index contributed by atoms with van der Waals surface area (Å²) in [6.07, 6.45) is 4.48. The predicted octanol–water partition coefficient (Wildman–Crippen LogP) is 2.73. The Morgan fingerprint density at radius 1 is 1.35 bits per heavy atom. The van der Waals surface area contributed by atoms with E-state index in [-0.39, 0.29) is 23.9 Å². The lowest BCUT2D eigenvalue weighted by atomic mass is 9.77. The summed E-state index contributed by atoms with van der Waals surface area (Å²) in [6.45, 7) is 6.90. The minimum absolute atomic E-state index is 0.0485. The van der Waals surface area contributed by atoms with Crippen molar-refractivity contribution in [3.05, 3.63) is 42.0 Å². The molecular weight excluding hydrogens is 330 g/mol. The first-order valence-corrected chi connectivity index (χ1v) is 9.39. The fourth-order valence-corrected chi connectivity index (χ4v) is 4.24. The average Bonchev–Trinajstić information content (AvgIpc) is 3.28. The molecule has 2 saturated heterocycles. The standard InChI is InChI=1S/C21H25NO4/c1-4-14-5-7-15(8-6-14)22-12-21-10-9-16(26-21)17(18(21)19(22)23)20(24)25-11-13(2)3/h5-10,13,16-18H,4,11-12H2,1-3H3. The van der Waals surface area contributed by atoms with Crippen LogP contribution in [0.25, 0.3) is 0 Å². The van der Waals surface area contributed by atoms with E-state index in [1.165, 1.54) is 5.56 Å². The third kappa shape index (κ3) is 2.57. The van der Waals surface area contributed by atoms with Crippen LogP contribution in [0.3, 0.4) is 0 Å². The van der Waals surface area contributed by atoms with E-state index in [1.807, 2.05) is 50.3 Å². The number of aryl methyl sites for hydroxylation is 1. The molecule has 3 aliphatic heterocycles. The number of fused-ring (bicyclic) bond motifs is 1. The molecular formula is C21H25NO4. The van der Waals surface area contributed by atoms with E-state index in [4.69, 9.17) is 9.47 Å². The third-order valence-corrected chi connectivity index (χ3v) is 5.59. The number of carbonyl (C=O) groups is 2. The topological polar surface area (TPSA) is 55.8 Å². The number of esters is 1. The Morgan fingerprint density at radius 3 is 2.73 bits per heavy atom. The van der Waals surface area contributed by atoms with Crippen LogP contribution in [0.4, 0.5) is 5.69 Å². The quantitative estimate of drug-likeness (QED) is 0.602. The molecule has 4 atom stereocenters. The van der Waals surface area contributed by atoms with Gasteiger partial charge in [0.1, 0.15) is 11.5 Å². The van der Waals surface area contributed by atoms with Crippen LogP contribution in [0.1, 0.15) is 26.3 Å². The minimum atomic E-state index is -0.702. The molecule has 2 fully saturated rings. The molecule has 3 aliphatic rings. The zero-order chi connectivity index (χ0) is 18.5. The molecule has 0 saturated carbocycles. The van der Waals surface area contributed by atoms with Crippen molar-refractivity contribution in [3.63, 3.8) is 0 Å². The summed E-state index contributed by atoms with van der Waals surface area (Å²) in [5.41, 5.74) is 1.38. The first-order valence-electron chi connectivity index (χ1n) is 9.39. The van der Waals surface area contributed by atoms with Gasteiger partial charge >= 0.3 is 5.97 Å². The summed E-state index contributed by atoms with van der Waals surface area (Å²) in [4.78, 5) is 27.6. The normalized spacial score (nSPS) is 31.8. The maximum absolute atomic E-state index is 13.2. The van der Waals surface area contributed by atoms with E-state index < -0.39 is 17.4 Å². The molecule has 26 heavy (non-hydrogen) atoms. The smallest absolute Gasteiger partial charge is 0.312 e. The van der Waals surface area contributed by atoms with Gasteiger partial charge in [0, 0.05) is 5.69 Å². The van der Waals surface area contributed by atoms with E-state index in [2.05, 4.69) is 6.92 Å². The highest BCUT2D eigenvalue weighted by atomic mass is 16.6. The number of nitrogens with zero attached hydrogens (tertiary/aromatic N) is 1. The summed E-state index contributed by atoms with van der Waals surface area (Å²) < 4.78 is 11.6. The molecule has 1 amide bonds. The SMILES string of the molecule is CCc1ccc(N2CC34C=CC(O3)C(C(=O)OCC(C)C)C4C2=O)cc1. The number of rotatable bonds is 5. The first-order chi connectivity index (χ1) is 12.4. The van der Waals surface area contributed by atoms with Crippen molar-refractivity contribution >= 4 is 17.6 Å². The number of amides is 1. The average molecular weight is 355 g/mol. The molecule has 3 heterocycles. The molecule has 0 aliphatic carbocycles. The molecule has 1 aromatic carbocycles. The van der Waals surface area contributed by atoms with Crippen molar-refractivity contribution in [2.75, 3.05) is 18.1 Å². The van der Waals surface area contributed by atoms with Gasteiger partial charge in [-0.2, -0.15) is 0 Å². The lowest BCUT2D eigenvalue weighted by molar-refractivity contribution is -0.153. The summed E-state index contributed by atoms with van der Waals surface area (Å²) in [5, 5.41) is 0. The molecule has 5 heteroatoms. The first kappa shape index (κ1) is 17.3. The maximum Gasteiger partial charge on any atom is 0.312 e. The Bertz CT molecular complexity index is 754. The van der Waals surface area contributed by atoms with Gasteiger partial charge in [0.25, 0.3) is 0 Å². The Balaban J connectivity index is 1.59. The van der Waals surface area contributed by atoms with Gasteiger partial charge < -0.3 is 14.4 Å². The maximum atomic E-state index is 13.2. The second-order valence-corrected chi connectivity index (χ2v) is 7.87. The van der Waals surface area contributed by atoms with Crippen LogP contribution >= 0.6 is 0 Å². The lowest BCUT2D eigenvalue weighted by Gasteiger charge is -2.23. The molecule has 1 spiro atoms. The Morgan fingerprint density at radius 2 is 2.08 bits per heavy atom. The monoisotopic (exact) mass is 355 g/mol. The van der Waals surface area contributed by atoms with Crippen LogP contribution in [0.15, 0.2) is 36.4 Å². The van der Waals surface area contributed by atoms with Gasteiger partial charge in [-0.1, -0.05) is 45.1 Å². The second kappa shape index (κ2) is 6.23. The van der Waals surface area contributed by atoms with Crippen molar-refractivity contribution < 1.29 is 19.1 Å². The molecule has 2 bridgehead atoms. The molecule has 4 unspecified atom stereocenters. The second-order valence-electron chi connectivity index (χ2n) is 7.87. The van der Waals surface area contributed by atoms with Crippen molar-refractivity contribution in [1.82, 2.24) is 0 Å². The highest BCUT2D eigenvalue weighted by Gasteiger charge is 2.67. The third-order valence-electron chi connectivity index (χ3n) is 5.59. The summed E-state index contributed by atoms with van der Waals surface area (Å²) in [7, 11) is 0. The van der Waals surface area contributed by atoms with Gasteiger partial charge in [0.05, 0.1) is 25.2 Å². The van der Waals surface area contributed by atoms with Crippen LogP contribution in [0.2, 0.25) is 0 Å². The number of hydrogen-bond acceptors (Lipinski definition) is 4. The van der Waals surface area contributed by atoms with Gasteiger partial charge in [-0.25, -0.2) is 0 Å². The Hall–Kier alpha value is -2.14. The van der Waals surface area contributed by atoms with Crippen LogP contribution in [0.5, 0.6) is 0 Å². The fraction of sp³-hybridized carbons (Fsp3) is 0.524. The van der Waals surface area contributed by atoms with E-state index in [0.717, 1.165) is 12.1 Å². The van der Waals surface area contributed by atoms with Gasteiger partial charge in [0.2, 0.25) is 5.91 Å². The highest BCUT2D eigenvalue weighted by molar-refractivity contribution is 6.02. The van der Waals surface area contributed by atoms with Gasteiger partial charge in [-0.05, 0) is 30.0 Å². The number of carbonyl (C=O) groups excluding carboxylic acids is 2. The fourth-order valence-electron chi connectivity index (χ4n) is 4.24. The molecule has 0 N–H and O–H groups in total. The number of ether oxygens (including phenoxy) is 2. The molecule has 4 rings (SSSR count). The van der Waals surface area contributed by atoms with Gasteiger partial charge in [0.15, 0.2) is 0 Å². The van der Waals surface area contributed by atoms with E-state index in [1.54, 1.807) is 4.90 Å². The largest absolute Gasteiger partial charge is 0.465 e. The van der Waals surface area contributed by atoms with E-state index >= 15 is 0 Å². The van der Waals surface area contributed by atoms with Gasteiger partial charge in [-0.3, -0.25) is 9.59 Å². The lowest BCUT2D eigenvalue weighted by Crippen LogP contribution is -2.40. The van der Waals surface area contributed by atoms with Crippen molar-refractivity contribution in [2.24, 2.45) is 17.8 Å². The van der Waals surface area contributed by atoms with E-state index in [0.29, 0.717) is 13.2 Å². The Labute approximate surface area is 154 Å². The highest BCUT2D eigenvalue weighted by Crippen LogP contribution is 2.52. The Kier molecular flexibility index (Phi) is 4.14. The molecule has 5 nitrogen and oxygen atoms in total. The summed E-state index contributed by atoms with van der Waals surface area (Å²) in [5.74, 6) is -1.16. The minimum Gasteiger partial charge on any atom is -0.465 e. The van der Waals surface area contributed by atoms with Crippen LogP contribution in [-0.4, -0.2) is 36.7 Å². The number of benzene rings is 1. The van der Waals surface area contributed by atoms with Crippen molar-refractivity contribution in [3.8, 4) is 0 Å². The van der Waals surface area contributed by atoms with Crippen LogP contribution in [-0.2, 0) is 25.5 Å². The zero-order valence-corrected chi connectivity index (χ0v) is 15.5. The van der Waals surface area contributed by atoms with Crippen LogP contribution < -0.4 is 4.90 Å². The van der Waals surface area contributed by atoms with Crippen molar-refractivity contribution in [1.29, 1.82) is 0 Å². The zero-order valence-electron chi connectivity index (χ0n) is 15.5.